The summed E-state index contributed by atoms with van der Waals surface area (Å²) in [7, 11) is -1.87. The highest BCUT2D eigenvalue weighted by Crippen LogP contribution is 2.36. The lowest BCUT2D eigenvalue weighted by Gasteiger charge is -2.24. The number of nitrogens with zero attached hydrogens (tertiary/aromatic N) is 1. The van der Waals surface area contributed by atoms with Gasteiger partial charge in [-0.1, -0.05) is 24.0 Å². The quantitative estimate of drug-likeness (QED) is 0.854. The van der Waals surface area contributed by atoms with Gasteiger partial charge in [-0.3, -0.25) is 0 Å². The molecule has 2 rings (SSSR count). The molecular formula is C15H20N2O2S. The molecule has 1 aliphatic carbocycles. The van der Waals surface area contributed by atoms with Crippen molar-refractivity contribution < 1.29 is 8.42 Å². The molecule has 0 bridgehead atoms. The Labute approximate surface area is 121 Å². The molecule has 1 aliphatic rings. The third-order valence-corrected chi connectivity index (χ3v) is 5.75. The topological polar surface area (TPSA) is 63.4 Å². The van der Waals surface area contributed by atoms with E-state index in [1.807, 2.05) is 6.92 Å². The number of rotatable bonds is 4. The molecule has 1 fully saturated rings. The fourth-order valence-electron chi connectivity index (χ4n) is 2.19. The fraction of sp³-hybridized carbons (Fsp3) is 0.467. The Hall–Kier alpha value is -1.35. The van der Waals surface area contributed by atoms with Gasteiger partial charge in [0.05, 0.1) is 11.4 Å². The molecule has 1 saturated carbocycles. The van der Waals surface area contributed by atoms with E-state index in [1.54, 1.807) is 31.3 Å². The average molecular weight is 292 g/mol. The normalized spacial score (nSPS) is 16.6. The first kappa shape index (κ1) is 15.0. The van der Waals surface area contributed by atoms with Gasteiger partial charge in [0.1, 0.15) is 0 Å². The zero-order valence-corrected chi connectivity index (χ0v) is 12.7. The second-order valence-corrected chi connectivity index (χ2v) is 7.07. The monoisotopic (exact) mass is 292 g/mol. The van der Waals surface area contributed by atoms with Crippen LogP contribution in [-0.2, 0) is 10.0 Å². The Balaban J connectivity index is 2.38. The van der Waals surface area contributed by atoms with E-state index in [9.17, 15) is 8.42 Å². The van der Waals surface area contributed by atoms with E-state index in [0.29, 0.717) is 11.5 Å². The van der Waals surface area contributed by atoms with Crippen LogP contribution in [0.4, 0.5) is 0 Å². The Morgan fingerprint density at radius 2 is 2.05 bits per heavy atom. The molecular weight excluding hydrogens is 272 g/mol. The minimum absolute atomic E-state index is 0.0236. The van der Waals surface area contributed by atoms with Gasteiger partial charge in [-0.2, -0.15) is 4.31 Å². The smallest absolute Gasteiger partial charge is 0.244 e. The van der Waals surface area contributed by atoms with Crippen LogP contribution in [0.3, 0.4) is 0 Å². The van der Waals surface area contributed by atoms with Crippen LogP contribution in [0.25, 0.3) is 0 Å². The molecule has 0 radical (unpaired) electrons. The molecule has 1 atom stereocenters. The van der Waals surface area contributed by atoms with Crippen LogP contribution in [0.5, 0.6) is 0 Å². The second kappa shape index (κ2) is 5.96. The van der Waals surface area contributed by atoms with E-state index in [0.717, 1.165) is 12.8 Å². The maximum atomic E-state index is 12.7. The fourth-order valence-corrected chi connectivity index (χ4v) is 3.76. The molecule has 20 heavy (non-hydrogen) atoms. The van der Waals surface area contributed by atoms with Gasteiger partial charge in [-0.25, -0.2) is 8.42 Å². The molecule has 1 aromatic carbocycles. The maximum Gasteiger partial charge on any atom is 0.244 e. The van der Waals surface area contributed by atoms with Gasteiger partial charge in [0.15, 0.2) is 0 Å². The van der Waals surface area contributed by atoms with E-state index in [-0.39, 0.29) is 17.5 Å². The summed E-state index contributed by atoms with van der Waals surface area (Å²) in [6.45, 7) is 2.17. The van der Waals surface area contributed by atoms with Crippen molar-refractivity contribution in [2.45, 2.75) is 30.7 Å². The predicted molar refractivity (Wildman–Crippen MR) is 79.5 cm³/mol. The van der Waals surface area contributed by atoms with Crippen LogP contribution in [0.1, 0.15) is 25.3 Å². The minimum atomic E-state index is -3.51. The number of hydrogen-bond acceptors (Lipinski definition) is 3. The van der Waals surface area contributed by atoms with Crippen molar-refractivity contribution >= 4 is 10.0 Å². The van der Waals surface area contributed by atoms with Gasteiger partial charge in [-0.05, 0) is 37.8 Å². The summed E-state index contributed by atoms with van der Waals surface area (Å²) in [5, 5.41) is 0. The van der Waals surface area contributed by atoms with Crippen molar-refractivity contribution in [1.82, 2.24) is 4.31 Å². The van der Waals surface area contributed by atoms with Gasteiger partial charge in [0.25, 0.3) is 0 Å². The van der Waals surface area contributed by atoms with E-state index in [4.69, 9.17) is 5.73 Å². The molecule has 0 spiro atoms. The van der Waals surface area contributed by atoms with Crippen LogP contribution < -0.4 is 5.73 Å². The molecule has 108 valence electrons. The van der Waals surface area contributed by atoms with Crippen molar-refractivity contribution in [2.24, 2.45) is 11.7 Å². The van der Waals surface area contributed by atoms with Crippen LogP contribution in [0.2, 0.25) is 0 Å². The van der Waals surface area contributed by atoms with E-state index >= 15 is 0 Å². The lowest BCUT2D eigenvalue weighted by molar-refractivity contribution is 0.357. The van der Waals surface area contributed by atoms with Crippen LogP contribution >= 0.6 is 0 Å². The van der Waals surface area contributed by atoms with Crippen molar-refractivity contribution in [2.75, 3.05) is 13.6 Å². The molecule has 0 aromatic heterocycles. The highest BCUT2D eigenvalue weighted by molar-refractivity contribution is 7.89. The van der Waals surface area contributed by atoms with Gasteiger partial charge in [0.2, 0.25) is 10.0 Å². The Kier molecular flexibility index (Phi) is 4.48. The largest absolute Gasteiger partial charge is 0.320 e. The van der Waals surface area contributed by atoms with Crippen molar-refractivity contribution in [1.29, 1.82) is 0 Å². The minimum Gasteiger partial charge on any atom is -0.320 e. The summed E-state index contributed by atoms with van der Waals surface area (Å²) >= 11 is 0. The summed E-state index contributed by atoms with van der Waals surface area (Å²) in [4.78, 5) is 0.260. The highest BCUT2D eigenvalue weighted by Gasteiger charge is 2.36. The first-order valence-electron chi connectivity index (χ1n) is 6.74. The van der Waals surface area contributed by atoms with Crippen LogP contribution in [-0.4, -0.2) is 32.4 Å². The number of nitrogens with two attached hydrogens (primary N) is 1. The predicted octanol–water partition coefficient (Wildman–Crippen LogP) is 1.42. The van der Waals surface area contributed by atoms with E-state index in [2.05, 4.69) is 11.8 Å². The lowest BCUT2D eigenvalue weighted by Crippen LogP contribution is -2.36. The molecule has 5 heteroatoms. The molecule has 0 aliphatic heterocycles. The SMILES string of the molecule is CC(C1CC1)N(C)S(=O)(=O)c1ccccc1C#CCN. The van der Waals surface area contributed by atoms with Gasteiger partial charge in [0, 0.05) is 18.7 Å². The Bertz CT molecular complexity index is 639. The first-order chi connectivity index (χ1) is 9.48. The molecule has 2 N–H and O–H groups in total. The first-order valence-corrected chi connectivity index (χ1v) is 8.18. The molecule has 1 unspecified atom stereocenters. The van der Waals surface area contributed by atoms with Crippen LogP contribution in [0.15, 0.2) is 29.2 Å². The zero-order chi connectivity index (χ0) is 14.8. The maximum absolute atomic E-state index is 12.7. The van der Waals surface area contributed by atoms with E-state index < -0.39 is 10.0 Å². The second-order valence-electron chi connectivity index (χ2n) is 5.10. The summed E-state index contributed by atoms with van der Waals surface area (Å²) in [6.07, 6.45) is 2.21. The van der Waals surface area contributed by atoms with Gasteiger partial charge < -0.3 is 5.73 Å². The summed E-state index contributed by atoms with van der Waals surface area (Å²) in [6, 6.07) is 6.84. The van der Waals surface area contributed by atoms with Crippen molar-refractivity contribution in [3.8, 4) is 11.8 Å². The van der Waals surface area contributed by atoms with Crippen molar-refractivity contribution in [3.63, 3.8) is 0 Å². The van der Waals surface area contributed by atoms with E-state index in [1.165, 1.54) is 4.31 Å². The molecule has 1 aromatic rings. The van der Waals surface area contributed by atoms with Gasteiger partial charge in [-0.15, -0.1) is 0 Å². The zero-order valence-electron chi connectivity index (χ0n) is 11.8. The van der Waals surface area contributed by atoms with Gasteiger partial charge >= 0.3 is 0 Å². The lowest BCUT2D eigenvalue weighted by atomic mass is 10.2. The standard InChI is InChI=1S/C15H20N2O2S/c1-12(13-9-10-13)17(2)20(18,19)15-8-4-3-6-14(15)7-5-11-16/h3-4,6,8,12-13H,9-11,16H2,1-2H3. The molecule has 0 saturated heterocycles. The highest BCUT2D eigenvalue weighted by atomic mass is 32.2. The Morgan fingerprint density at radius 3 is 2.65 bits per heavy atom. The summed E-state index contributed by atoms with van der Waals surface area (Å²) in [5.41, 5.74) is 5.87. The third kappa shape index (κ3) is 3.04. The third-order valence-electron chi connectivity index (χ3n) is 3.75. The average Bonchev–Trinajstić information content (AvgIpc) is 3.28. The van der Waals surface area contributed by atoms with Crippen molar-refractivity contribution in [3.05, 3.63) is 29.8 Å². The number of sulfonamides is 1. The molecule has 0 amide bonds. The molecule has 4 nitrogen and oxygen atoms in total. The number of benzene rings is 1. The van der Waals surface area contributed by atoms with Crippen LogP contribution in [0, 0.1) is 17.8 Å². The summed E-state index contributed by atoms with van der Waals surface area (Å²) < 4.78 is 26.9. The number of hydrogen-bond donors (Lipinski definition) is 1. The Morgan fingerprint density at radius 1 is 1.40 bits per heavy atom. The summed E-state index contributed by atoms with van der Waals surface area (Å²) in [5.74, 6) is 6.04. The molecule has 0 heterocycles.